The fraction of sp³-hybridized carbons (Fsp3) is 0.240. The number of benzene rings is 2. The van der Waals surface area contributed by atoms with E-state index in [1.54, 1.807) is 0 Å². The third-order valence-electron chi connectivity index (χ3n) is 5.79. The largest absolute Gasteiger partial charge is 0.308 e. The van der Waals surface area contributed by atoms with E-state index in [1.807, 2.05) is 67.4 Å². The molecular formula is C25H23N3O. The zero-order valence-corrected chi connectivity index (χ0v) is 16.7. The van der Waals surface area contributed by atoms with E-state index in [4.69, 9.17) is 4.99 Å². The van der Waals surface area contributed by atoms with Gasteiger partial charge in [0.2, 0.25) is 5.91 Å². The molecule has 0 saturated heterocycles. The number of amides is 1. The fourth-order valence-corrected chi connectivity index (χ4v) is 4.00. The summed E-state index contributed by atoms with van der Waals surface area (Å²) in [5.41, 5.74) is 4.38. The van der Waals surface area contributed by atoms with Gasteiger partial charge in [-0.25, -0.2) is 9.98 Å². The summed E-state index contributed by atoms with van der Waals surface area (Å²) in [6.45, 7) is 3.97. The zero-order valence-electron chi connectivity index (χ0n) is 16.7. The van der Waals surface area contributed by atoms with Crippen molar-refractivity contribution in [3.05, 3.63) is 89.6 Å². The molecule has 5 rings (SSSR count). The molecule has 0 unspecified atom stereocenters. The normalized spacial score (nSPS) is 17.2. The summed E-state index contributed by atoms with van der Waals surface area (Å²) in [6.07, 6.45) is 3.98. The van der Waals surface area contributed by atoms with Crippen molar-refractivity contribution in [3.63, 3.8) is 0 Å². The molecule has 2 aliphatic rings. The van der Waals surface area contributed by atoms with Crippen LogP contribution in [-0.4, -0.2) is 22.6 Å². The highest BCUT2D eigenvalue weighted by molar-refractivity contribution is 6.14. The SMILES string of the molecule is CC1(C)C(=O)N(C2CC2)c2cc(N=C(c3ccccc3)c3ccccc3)ncc21. The van der Waals surface area contributed by atoms with E-state index in [0.717, 1.165) is 40.9 Å². The lowest BCUT2D eigenvalue weighted by atomic mass is 9.87. The van der Waals surface area contributed by atoms with Crippen LogP contribution in [0.1, 0.15) is 43.4 Å². The molecule has 4 nitrogen and oxygen atoms in total. The van der Waals surface area contributed by atoms with Crippen LogP contribution in [0, 0.1) is 0 Å². The Hall–Kier alpha value is -3.27. The monoisotopic (exact) mass is 381 g/mol. The Morgan fingerprint density at radius 2 is 1.59 bits per heavy atom. The molecule has 1 aliphatic heterocycles. The molecule has 1 aromatic heterocycles. The van der Waals surface area contributed by atoms with Gasteiger partial charge in [0.25, 0.3) is 0 Å². The van der Waals surface area contributed by atoms with Gasteiger partial charge in [-0.3, -0.25) is 4.79 Å². The molecule has 2 aromatic carbocycles. The third kappa shape index (κ3) is 3.05. The van der Waals surface area contributed by atoms with Gasteiger partial charge in [0.15, 0.2) is 5.82 Å². The van der Waals surface area contributed by atoms with E-state index in [1.165, 1.54) is 0 Å². The zero-order chi connectivity index (χ0) is 20.0. The molecule has 3 aromatic rings. The quantitative estimate of drug-likeness (QED) is 0.595. The number of carbonyl (C=O) groups is 1. The average molecular weight is 381 g/mol. The number of nitrogens with zero attached hydrogens (tertiary/aromatic N) is 3. The van der Waals surface area contributed by atoms with Crippen molar-refractivity contribution in [2.45, 2.75) is 38.1 Å². The van der Waals surface area contributed by atoms with Crippen molar-refractivity contribution < 1.29 is 4.79 Å². The molecule has 0 radical (unpaired) electrons. The minimum atomic E-state index is -0.533. The molecule has 4 heteroatoms. The topological polar surface area (TPSA) is 45.6 Å². The number of hydrogen-bond acceptors (Lipinski definition) is 3. The number of carbonyl (C=O) groups excluding carboxylic acids is 1. The van der Waals surface area contributed by atoms with E-state index < -0.39 is 5.41 Å². The van der Waals surface area contributed by atoms with Gasteiger partial charge in [-0.2, -0.15) is 0 Å². The summed E-state index contributed by atoms with van der Waals surface area (Å²) in [4.78, 5) is 24.5. The van der Waals surface area contributed by atoms with Crippen molar-refractivity contribution in [1.29, 1.82) is 0 Å². The Balaban J connectivity index is 1.64. The summed E-state index contributed by atoms with van der Waals surface area (Å²) in [5.74, 6) is 0.798. The first-order valence-electron chi connectivity index (χ1n) is 10.1. The van der Waals surface area contributed by atoms with E-state index in [-0.39, 0.29) is 5.91 Å². The van der Waals surface area contributed by atoms with E-state index in [2.05, 4.69) is 29.2 Å². The second-order valence-corrected chi connectivity index (χ2v) is 8.28. The minimum Gasteiger partial charge on any atom is -0.308 e. The second-order valence-electron chi connectivity index (χ2n) is 8.28. The molecular weight excluding hydrogens is 358 g/mol. The standard InChI is InChI=1S/C25H23N3O/c1-25(2)20-16-26-22(15-21(20)28(24(25)29)19-13-14-19)27-23(17-9-5-3-6-10-17)18-11-7-4-8-12-18/h3-12,15-16,19H,13-14H2,1-2H3. The molecule has 1 fully saturated rings. The first-order valence-corrected chi connectivity index (χ1v) is 10.1. The van der Waals surface area contributed by atoms with Crippen LogP contribution in [-0.2, 0) is 10.2 Å². The minimum absolute atomic E-state index is 0.171. The van der Waals surface area contributed by atoms with Crippen LogP contribution in [0.5, 0.6) is 0 Å². The molecule has 1 saturated carbocycles. The Morgan fingerprint density at radius 1 is 1.00 bits per heavy atom. The maximum Gasteiger partial charge on any atom is 0.237 e. The molecule has 144 valence electrons. The number of anilines is 1. The average Bonchev–Trinajstić information content (AvgIpc) is 3.55. The van der Waals surface area contributed by atoms with Gasteiger partial charge in [-0.05, 0) is 26.7 Å². The highest BCUT2D eigenvalue weighted by Crippen LogP contribution is 2.47. The van der Waals surface area contributed by atoms with Crippen LogP contribution in [0.2, 0.25) is 0 Å². The highest BCUT2D eigenvalue weighted by Gasteiger charge is 2.49. The molecule has 0 N–H and O–H groups in total. The molecule has 0 atom stereocenters. The number of pyridine rings is 1. The summed E-state index contributed by atoms with van der Waals surface area (Å²) in [6, 6.07) is 22.6. The molecule has 29 heavy (non-hydrogen) atoms. The van der Waals surface area contributed by atoms with Crippen LogP contribution in [0.3, 0.4) is 0 Å². The number of hydrogen-bond donors (Lipinski definition) is 0. The lowest BCUT2D eigenvalue weighted by molar-refractivity contribution is -0.122. The highest BCUT2D eigenvalue weighted by atomic mass is 16.2. The predicted octanol–water partition coefficient (Wildman–Crippen LogP) is 5.04. The molecule has 0 spiro atoms. The molecule has 2 heterocycles. The third-order valence-corrected chi connectivity index (χ3v) is 5.79. The number of aliphatic imine (C=N–C) groups is 1. The number of rotatable bonds is 4. The first-order chi connectivity index (χ1) is 14.1. The van der Waals surface area contributed by atoms with Crippen molar-refractivity contribution >= 4 is 23.1 Å². The first kappa shape index (κ1) is 17.8. The van der Waals surface area contributed by atoms with Crippen LogP contribution in [0.4, 0.5) is 11.5 Å². The molecule has 0 bridgehead atoms. The van der Waals surface area contributed by atoms with E-state index in [0.29, 0.717) is 11.9 Å². The number of fused-ring (bicyclic) bond motifs is 1. The van der Waals surface area contributed by atoms with Crippen molar-refractivity contribution in [2.75, 3.05) is 4.90 Å². The maximum atomic E-state index is 13.0. The summed E-state index contributed by atoms with van der Waals surface area (Å²) >= 11 is 0. The van der Waals surface area contributed by atoms with Gasteiger partial charge in [-0.1, -0.05) is 60.7 Å². The van der Waals surface area contributed by atoms with Gasteiger partial charge in [-0.15, -0.1) is 0 Å². The van der Waals surface area contributed by atoms with Gasteiger partial charge < -0.3 is 4.90 Å². The van der Waals surface area contributed by atoms with Crippen LogP contribution in [0.15, 0.2) is 77.9 Å². The Labute approximate surface area is 170 Å². The van der Waals surface area contributed by atoms with Crippen LogP contribution in [0.25, 0.3) is 0 Å². The summed E-state index contributed by atoms with van der Waals surface area (Å²) in [7, 11) is 0. The Kier molecular flexibility index (Phi) is 4.09. The Bertz CT molecular complexity index is 1060. The fourth-order valence-electron chi connectivity index (χ4n) is 4.00. The van der Waals surface area contributed by atoms with Gasteiger partial charge in [0.1, 0.15) is 0 Å². The lowest BCUT2D eigenvalue weighted by Crippen LogP contribution is -2.37. The Morgan fingerprint density at radius 3 is 2.14 bits per heavy atom. The lowest BCUT2D eigenvalue weighted by Gasteiger charge is -2.19. The maximum absolute atomic E-state index is 13.0. The summed E-state index contributed by atoms with van der Waals surface area (Å²) in [5, 5.41) is 0. The van der Waals surface area contributed by atoms with Gasteiger partial charge in [0, 0.05) is 35.0 Å². The number of aromatic nitrogens is 1. The summed E-state index contributed by atoms with van der Waals surface area (Å²) < 4.78 is 0. The van der Waals surface area contributed by atoms with Crippen molar-refractivity contribution in [3.8, 4) is 0 Å². The van der Waals surface area contributed by atoms with E-state index in [9.17, 15) is 4.79 Å². The van der Waals surface area contributed by atoms with Crippen molar-refractivity contribution in [1.82, 2.24) is 4.98 Å². The van der Waals surface area contributed by atoms with E-state index >= 15 is 0 Å². The molecule has 1 aliphatic carbocycles. The second kappa shape index (κ2) is 6.66. The van der Waals surface area contributed by atoms with Crippen molar-refractivity contribution in [2.24, 2.45) is 4.99 Å². The molecule has 1 amide bonds. The van der Waals surface area contributed by atoms with Gasteiger partial charge in [0.05, 0.1) is 16.8 Å². The van der Waals surface area contributed by atoms with Crippen LogP contribution >= 0.6 is 0 Å². The smallest absolute Gasteiger partial charge is 0.237 e. The van der Waals surface area contributed by atoms with Gasteiger partial charge >= 0.3 is 0 Å². The van der Waals surface area contributed by atoms with Crippen LogP contribution < -0.4 is 4.90 Å². The predicted molar refractivity (Wildman–Crippen MR) is 116 cm³/mol.